The smallest absolute Gasteiger partial charge is 0.163 e. The molecule has 0 aromatic carbocycles. The fraction of sp³-hybridized carbons (Fsp3) is 0.667. The predicted molar refractivity (Wildman–Crippen MR) is 76.2 cm³/mol. The fourth-order valence-corrected chi connectivity index (χ4v) is 2.36. The van der Waals surface area contributed by atoms with Crippen LogP contribution in [0.1, 0.15) is 63.9 Å². The molecule has 1 aliphatic carbocycles. The first kappa shape index (κ1) is 12.6. The molecule has 2 aromatic heterocycles. The van der Waals surface area contributed by atoms with Crippen molar-refractivity contribution in [1.29, 1.82) is 0 Å². The molecule has 0 spiro atoms. The first-order valence-electron chi connectivity index (χ1n) is 7.29. The zero-order valence-corrected chi connectivity index (χ0v) is 12.2. The molecule has 0 bridgehead atoms. The van der Waals surface area contributed by atoms with Crippen molar-refractivity contribution in [3.63, 3.8) is 0 Å². The van der Waals surface area contributed by atoms with Crippen molar-refractivity contribution >= 4 is 11.2 Å². The monoisotopic (exact) mass is 258 g/mol. The van der Waals surface area contributed by atoms with Gasteiger partial charge in [-0.3, -0.25) is 0 Å². The molecule has 0 N–H and O–H groups in total. The van der Waals surface area contributed by atoms with Gasteiger partial charge in [-0.15, -0.1) is 0 Å². The molecule has 1 saturated carbocycles. The van der Waals surface area contributed by atoms with E-state index in [2.05, 4.69) is 37.2 Å². The largest absolute Gasteiger partial charge is 0.315 e. The first-order chi connectivity index (χ1) is 9.06. The molecule has 19 heavy (non-hydrogen) atoms. The minimum Gasteiger partial charge on any atom is -0.315 e. The van der Waals surface area contributed by atoms with E-state index in [1.54, 1.807) is 0 Å². The SMILES string of the molecule is CC(C)c1nc(C(C)C)c2ncn(CC3CC3)c2n1. The van der Waals surface area contributed by atoms with Crippen LogP contribution in [0.15, 0.2) is 6.33 Å². The summed E-state index contributed by atoms with van der Waals surface area (Å²) in [5.41, 5.74) is 3.09. The average Bonchev–Trinajstić information content (AvgIpc) is 3.08. The molecule has 4 nitrogen and oxygen atoms in total. The fourth-order valence-electron chi connectivity index (χ4n) is 2.36. The highest BCUT2D eigenvalue weighted by molar-refractivity contribution is 5.74. The Morgan fingerprint density at radius 1 is 1.16 bits per heavy atom. The van der Waals surface area contributed by atoms with Crippen LogP contribution in [-0.2, 0) is 6.54 Å². The molecule has 1 fully saturated rings. The summed E-state index contributed by atoms with van der Waals surface area (Å²) in [7, 11) is 0. The van der Waals surface area contributed by atoms with E-state index in [0.29, 0.717) is 11.8 Å². The summed E-state index contributed by atoms with van der Waals surface area (Å²) in [5, 5.41) is 0. The van der Waals surface area contributed by atoms with Crippen molar-refractivity contribution in [3.8, 4) is 0 Å². The summed E-state index contributed by atoms with van der Waals surface area (Å²) in [6, 6.07) is 0. The highest BCUT2D eigenvalue weighted by Crippen LogP contribution is 2.32. The summed E-state index contributed by atoms with van der Waals surface area (Å²) in [6.45, 7) is 9.69. The number of aromatic nitrogens is 4. The molecule has 0 saturated heterocycles. The number of hydrogen-bond acceptors (Lipinski definition) is 3. The van der Waals surface area contributed by atoms with Gasteiger partial charge in [-0.2, -0.15) is 0 Å². The second kappa shape index (κ2) is 4.58. The van der Waals surface area contributed by atoms with Gasteiger partial charge in [0.2, 0.25) is 0 Å². The Morgan fingerprint density at radius 3 is 2.47 bits per heavy atom. The van der Waals surface area contributed by atoms with Crippen molar-refractivity contribution in [3.05, 3.63) is 17.8 Å². The zero-order chi connectivity index (χ0) is 13.6. The molecular formula is C15H22N4. The van der Waals surface area contributed by atoms with Crippen LogP contribution in [0.25, 0.3) is 11.2 Å². The van der Waals surface area contributed by atoms with Gasteiger partial charge in [0.25, 0.3) is 0 Å². The lowest BCUT2D eigenvalue weighted by Crippen LogP contribution is -2.07. The highest BCUT2D eigenvalue weighted by atomic mass is 15.1. The Labute approximate surface area is 114 Å². The van der Waals surface area contributed by atoms with Gasteiger partial charge in [-0.25, -0.2) is 15.0 Å². The molecule has 0 atom stereocenters. The molecule has 4 heteroatoms. The Morgan fingerprint density at radius 2 is 1.89 bits per heavy atom. The van der Waals surface area contributed by atoms with Gasteiger partial charge >= 0.3 is 0 Å². The van der Waals surface area contributed by atoms with E-state index in [0.717, 1.165) is 35.1 Å². The third kappa shape index (κ3) is 2.36. The zero-order valence-electron chi connectivity index (χ0n) is 12.2. The van der Waals surface area contributed by atoms with Gasteiger partial charge in [0.15, 0.2) is 5.65 Å². The molecule has 1 aliphatic rings. The van der Waals surface area contributed by atoms with Crippen LogP contribution >= 0.6 is 0 Å². The van der Waals surface area contributed by atoms with Crippen LogP contribution in [0.3, 0.4) is 0 Å². The maximum atomic E-state index is 4.75. The van der Waals surface area contributed by atoms with Crippen LogP contribution in [0.4, 0.5) is 0 Å². The van der Waals surface area contributed by atoms with E-state index >= 15 is 0 Å². The third-order valence-electron chi connectivity index (χ3n) is 3.72. The molecule has 102 valence electrons. The van der Waals surface area contributed by atoms with Crippen molar-refractivity contribution < 1.29 is 0 Å². The van der Waals surface area contributed by atoms with E-state index in [9.17, 15) is 0 Å². The molecule has 2 aromatic rings. The molecule has 3 rings (SSSR count). The Bertz CT molecular complexity index is 593. The summed E-state index contributed by atoms with van der Waals surface area (Å²) in [6.07, 6.45) is 4.63. The summed E-state index contributed by atoms with van der Waals surface area (Å²) < 4.78 is 2.21. The van der Waals surface area contributed by atoms with E-state index in [4.69, 9.17) is 9.97 Å². The van der Waals surface area contributed by atoms with Gasteiger partial charge in [-0.1, -0.05) is 27.7 Å². The van der Waals surface area contributed by atoms with E-state index in [-0.39, 0.29) is 0 Å². The molecule has 0 radical (unpaired) electrons. The summed E-state index contributed by atoms with van der Waals surface area (Å²) in [4.78, 5) is 14.0. The van der Waals surface area contributed by atoms with Crippen molar-refractivity contribution in [1.82, 2.24) is 19.5 Å². The van der Waals surface area contributed by atoms with Gasteiger partial charge in [0.05, 0.1) is 12.0 Å². The number of imidazole rings is 1. The van der Waals surface area contributed by atoms with Crippen LogP contribution in [-0.4, -0.2) is 19.5 Å². The maximum absolute atomic E-state index is 4.75. The lowest BCUT2D eigenvalue weighted by atomic mass is 10.1. The van der Waals surface area contributed by atoms with Gasteiger partial charge in [-0.05, 0) is 24.7 Å². The number of fused-ring (bicyclic) bond motifs is 1. The number of rotatable bonds is 4. The molecular weight excluding hydrogens is 236 g/mol. The number of hydrogen-bond donors (Lipinski definition) is 0. The van der Waals surface area contributed by atoms with E-state index in [1.807, 2.05) is 6.33 Å². The number of nitrogens with zero attached hydrogens (tertiary/aromatic N) is 4. The van der Waals surface area contributed by atoms with Crippen LogP contribution in [0, 0.1) is 5.92 Å². The molecule has 0 aliphatic heterocycles. The van der Waals surface area contributed by atoms with Crippen LogP contribution in [0.5, 0.6) is 0 Å². The standard InChI is InChI=1S/C15H22N4/c1-9(2)12-13-15(18-14(17-12)10(3)4)19(8-16-13)7-11-5-6-11/h8-11H,5-7H2,1-4H3. The Hall–Kier alpha value is -1.45. The average molecular weight is 258 g/mol. The van der Waals surface area contributed by atoms with Crippen molar-refractivity contribution in [2.24, 2.45) is 5.92 Å². The van der Waals surface area contributed by atoms with Gasteiger partial charge in [0, 0.05) is 12.5 Å². The Balaban J connectivity index is 2.14. The maximum Gasteiger partial charge on any atom is 0.163 e. The summed E-state index contributed by atoms with van der Waals surface area (Å²) in [5.74, 6) is 2.50. The molecule has 0 amide bonds. The van der Waals surface area contributed by atoms with Gasteiger partial charge < -0.3 is 4.57 Å². The minimum absolute atomic E-state index is 0.353. The topological polar surface area (TPSA) is 43.6 Å². The van der Waals surface area contributed by atoms with Crippen molar-refractivity contribution in [2.75, 3.05) is 0 Å². The predicted octanol–water partition coefficient (Wildman–Crippen LogP) is 3.48. The Kier molecular flexibility index (Phi) is 3.03. The van der Waals surface area contributed by atoms with Crippen molar-refractivity contribution in [2.45, 2.75) is 58.9 Å². The third-order valence-corrected chi connectivity index (χ3v) is 3.72. The van der Waals surface area contributed by atoms with Crippen LogP contribution < -0.4 is 0 Å². The quantitative estimate of drug-likeness (QED) is 0.843. The minimum atomic E-state index is 0.353. The second-order valence-electron chi connectivity index (χ2n) is 6.29. The molecule has 2 heterocycles. The highest BCUT2D eigenvalue weighted by Gasteiger charge is 2.24. The lowest BCUT2D eigenvalue weighted by molar-refractivity contribution is 0.634. The van der Waals surface area contributed by atoms with E-state index < -0.39 is 0 Å². The normalized spacial score (nSPS) is 15.9. The first-order valence-corrected chi connectivity index (χ1v) is 7.29. The van der Waals surface area contributed by atoms with E-state index in [1.165, 1.54) is 12.8 Å². The second-order valence-corrected chi connectivity index (χ2v) is 6.29. The van der Waals surface area contributed by atoms with Gasteiger partial charge in [0.1, 0.15) is 11.3 Å². The molecule has 0 unspecified atom stereocenters. The summed E-state index contributed by atoms with van der Waals surface area (Å²) >= 11 is 0. The van der Waals surface area contributed by atoms with Crippen LogP contribution in [0.2, 0.25) is 0 Å². The lowest BCUT2D eigenvalue weighted by Gasteiger charge is -2.11.